The van der Waals surface area contributed by atoms with Crippen LogP contribution in [0.4, 0.5) is 0 Å². The molecule has 3 rings (SSSR count). The van der Waals surface area contributed by atoms with Gasteiger partial charge < -0.3 is 10.2 Å². The number of carbonyl (C=O) groups excluding carboxylic acids is 1. The fourth-order valence-corrected chi connectivity index (χ4v) is 4.54. The van der Waals surface area contributed by atoms with Gasteiger partial charge in [0.2, 0.25) is 5.91 Å². The van der Waals surface area contributed by atoms with Crippen molar-refractivity contribution in [1.29, 1.82) is 0 Å². The molecule has 1 saturated heterocycles. The Morgan fingerprint density at radius 3 is 2.44 bits per heavy atom. The smallest absolute Gasteiger partial charge is 0.222 e. The molecule has 4 nitrogen and oxygen atoms in total. The van der Waals surface area contributed by atoms with Crippen molar-refractivity contribution in [3.05, 3.63) is 35.9 Å². The first kappa shape index (κ1) is 24.2. The summed E-state index contributed by atoms with van der Waals surface area (Å²) in [6.07, 6.45) is 8.03. The Hall–Kier alpha value is -0.810. The van der Waals surface area contributed by atoms with Crippen LogP contribution < -0.4 is 5.32 Å². The fraction of sp³-hybridized carbons (Fsp3) is 0.667. The molecule has 1 saturated carbocycles. The van der Waals surface area contributed by atoms with Gasteiger partial charge in [0, 0.05) is 38.1 Å². The molecule has 6 heteroatoms. The highest BCUT2D eigenvalue weighted by molar-refractivity contribution is 5.85. The van der Waals surface area contributed by atoms with Gasteiger partial charge in [0.15, 0.2) is 0 Å². The first-order valence-electron chi connectivity index (χ1n) is 9.95. The molecule has 2 fully saturated rings. The van der Waals surface area contributed by atoms with E-state index in [-0.39, 0.29) is 30.4 Å². The van der Waals surface area contributed by atoms with E-state index in [9.17, 15) is 4.79 Å². The van der Waals surface area contributed by atoms with Crippen molar-refractivity contribution in [3.8, 4) is 0 Å². The average Bonchev–Trinajstić information content (AvgIpc) is 2.65. The standard InChI is InChI=1S/C21H33N3O.2ClH/c1-22-14-8-11-20(25)23-15-16-24(17-19-9-4-2-5-10-19)21(18-23)12-6-3-7-13-21;;/h2,4-5,9-10,22H,3,6-8,11-18H2,1H3;2*1H. The number of rotatable bonds is 6. The third-order valence-electron chi connectivity index (χ3n) is 5.97. The Kier molecular flexibility index (Phi) is 10.7. The molecule has 1 aromatic rings. The molecule has 1 aliphatic carbocycles. The lowest BCUT2D eigenvalue weighted by Gasteiger charge is -2.53. The van der Waals surface area contributed by atoms with Gasteiger partial charge in [0.1, 0.15) is 0 Å². The number of hydrogen-bond acceptors (Lipinski definition) is 3. The van der Waals surface area contributed by atoms with Gasteiger partial charge in [-0.3, -0.25) is 9.69 Å². The summed E-state index contributed by atoms with van der Waals surface area (Å²) < 4.78 is 0. The van der Waals surface area contributed by atoms with E-state index in [2.05, 4.69) is 45.4 Å². The lowest BCUT2D eigenvalue weighted by atomic mass is 9.78. The van der Waals surface area contributed by atoms with Gasteiger partial charge in [-0.05, 0) is 38.4 Å². The van der Waals surface area contributed by atoms with E-state index in [0.29, 0.717) is 12.3 Å². The number of halogens is 2. The first-order valence-corrected chi connectivity index (χ1v) is 9.95. The highest BCUT2D eigenvalue weighted by atomic mass is 35.5. The minimum absolute atomic E-state index is 0. The van der Waals surface area contributed by atoms with Crippen LogP contribution in [0.2, 0.25) is 0 Å². The van der Waals surface area contributed by atoms with Crippen molar-refractivity contribution in [1.82, 2.24) is 15.1 Å². The predicted molar refractivity (Wildman–Crippen MR) is 117 cm³/mol. The number of nitrogens with zero attached hydrogens (tertiary/aromatic N) is 2. The summed E-state index contributed by atoms with van der Waals surface area (Å²) in [7, 11) is 1.95. The van der Waals surface area contributed by atoms with Crippen LogP contribution in [0.1, 0.15) is 50.5 Å². The van der Waals surface area contributed by atoms with Crippen molar-refractivity contribution < 1.29 is 4.79 Å². The lowest BCUT2D eigenvalue weighted by Crippen LogP contribution is -2.63. The van der Waals surface area contributed by atoms with Crippen LogP contribution in [-0.4, -0.2) is 54.5 Å². The number of hydrogen-bond donors (Lipinski definition) is 1. The van der Waals surface area contributed by atoms with Crippen molar-refractivity contribution >= 4 is 30.7 Å². The van der Waals surface area contributed by atoms with E-state index < -0.39 is 0 Å². The van der Waals surface area contributed by atoms with Gasteiger partial charge in [-0.15, -0.1) is 24.8 Å². The summed E-state index contributed by atoms with van der Waals surface area (Å²) in [4.78, 5) is 17.5. The molecule has 1 spiro atoms. The summed E-state index contributed by atoms with van der Waals surface area (Å²) >= 11 is 0. The van der Waals surface area contributed by atoms with Gasteiger partial charge in [0.05, 0.1) is 0 Å². The number of benzene rings is 1. The second kappa shape index (κ2) is 11.9. The normalized spacial score (nSPS) is 19.2. The third kappa shape index (κ3) is 6.35. The van der Waals surface area contributed by atoms with Crippen LogP contribution in [0.15, 0.2) is 30.3 Å². The van der Waals surface area contributed by atoms with Crippen molar-refractivity contribution in [2.75, 3.05) is 33.2 Å². The summed E-state index contributed by atoms with van der Waals surface area (Å²) in [5.41, 5.74) is 1.59. The monoisotopic (exact) mass is 415 g/mol. The molecule has 0 bridgehead atoms. The first-order chi connectivity index (χ1) is 12.2. The van der Waals surface area contributed by atoms with E-state index in [1.807, 2.05) is 7.05 Å². The highest BCUT2D eigenvalue weighted by Crippen LogP contribution is 2.37. The molecule has 0 unspecified atom stereocenters. The Morgan fingerprint density at radius 1 is 1.07 bits per heavy atom. The largest absolute Gasteiger partial charge is 0.340 e. The number of carbonyl (C=O) groups is 1. The van der Waals surface area contributed by atoms with Gasteiger partial charge in [-0.25, -0.2) is 0 Å². The lowest BCUT2D eigenvalue weighted by molar-refractivity contribution is -0.138. The second-order valence-corrected chi connectivity index (χ2v) is 7.71. The molecule has 154 valence electrons. The molecule has 2 aliphatic rings. The molecule has 1 aromatic carbocycles. The third-order valence-corrected chi connectivity index (χ3v) is 5.97. The van der Waals surface area contributed by atoms with Crippen LogP contribution in [0.25, 0.3) is 0 Å². The van der Waals surface area contributed by atoms with E-state index in [1.54, 1.807) is 0 Å². The predicted octanol–water partition coefficient (Wildman–Crippen LogP) is 3.88. The van der Waals surface area contributed by atoms with Crippen molar-refractivity contribution in [2.24, 2.45) is 0 Å². The van der Waals surface area contributed by atoms with E-state index in [4.69, 9.17) is 0 Å². The maximum Gasteiger partial charge on any atom is 0.222 e. The minimum atomic E-state index is 0. The quantitative estimate of drug-likeness (QED) is 0.715. The molecule has 0 atom stereocenters. The zero-order chi connectivity index (χ0) is 17.5. The molecule has 27 heavy (non-hydrogen) atoms. The van der Waals surface area contributed by atoms with Crippen LogP contribution in [0, 0.1) is 0 Å². The Bertz CT molecular complexity index is 550. The summed E-state index contributed by atoms with van der Waals surface area (Å²) in [6, 6.07) is 10.8. The maximum absolute atomic E-state index is 12.6. The van der Waals surface area contributed by atoms with Gasteiger partial charge in [0.25, 0.3) is 0 Å². The van der Waals surface area contributed by atoms with Gasteiger partial charge in [-0.2, -0.15) is 0 Å². The molecule has 1 N–H and O–H groups in total. The summed E-state index contributed by atoms with van der Waals surface area (Å²) in [6.45, 7) is 4.76. The molecular formula is C21H35Cl2N3O. The van der Waals surface area contributed by atoms with E-state index >= 15 is 0 Å². The highest BCUT2D eigenvalue weighted by Gasteiger charge is 2.43. The number of piperazine rings is 1. The van der Waals surface area contributed by atoms with Crippen LogP contribution in [0.5, 0.6) is 0 Å². The van der Waals surface area contributed by atoms with E-state index in [1.165, 1.54) is 37.7 Å². The zero-order valence-corrected chi connectivity index (χ0v) is 18.1. The van der Waals surface area contributed by atoms with Gasteiger partial charge >= 0.3 is 0 Å². The Balaban J connectivity index is 0.00000182. The molecule has 1 heterocycles. The SMILES string of the molecule is CNCCCC(=O)N1CCN(Cc2ccccc2)C2(CCCCC2)C1.Cl.Cl. The van der Waals surface area contributed by atoms with Crippen molar-refractivity contribution in [3.63, 3.8) is 0 Å². The van der Waals surface area contributed by atoms with Gasteiger partial charge in [-0.1, -0.05) is 49.6 Å². The molecule has 1 aliphatic heterocycles. The molecule has 1 amide bonds. The number of amides is 1. The number of nitrogens with one attached hydrogen (secondary N) is 1. The Labute approximate surface area is 176 Å². The second-order valence-electron chi connectivity index (χ2n) is 7.71. The van der Waals surface area contributed by atoms with Crippen LogP contribution in [-0.2, 0) is 11.3 Å². The average molecular weight is 416 g/mol. The molecular weight excluding hydrogens is 381 g/mol. The summed E-state index contributed by atoms with van der Waals surface area (Å²) in [5, 5.41) is 3.14. The fourth-order valence-electron chi connectivity index (χ4n) is 4.54. The zero-order valence-electron chi connectivity index (χ0n) is 16.5. The van der Waals surface area contributed by atoms with Crippen LogP contribution >= 0.6 is 24.8 Å². The Morgan fingerprint density at radius 2 is 1.78 bits per heavy atom. The van der Waals surface area contributed by atoms with Crippen LogP contribution in [0.3, 0.4) is 0 Å². The van der Waals surface area contributed by atoms with E-state index in [0.717, 1.165) is 39.1 Å². The van der Waals surface area contributed by atoms with Crippen molar-refractivity contribution in [2.45, 2.75) is 57.0 Å². The topological polar surface area (TPSA) is 35.6 Å². The maximum atomic E-state index is 12.6. The molecule has 0 radical (unpaired) electrons. The summed E-state index contributed by atoms with van der Waals surface area (Å²) in [5.74, 6) is 0.347. The molecule has 0 aromatic heterocycles. The minimum Gasteiger partial charge on any atom is -0.340 e.